The maximum atomic E-state index is 3.33. The van der Waals surface area contributed by atoms with Gasteiger partial charge in [-0.05, 0) is 0 Å². The molecule has 0 heterocycles. The van der Waals surface area contributed by atoms with E-state index in [1.54, 1.807) is 0 Å². The van der Waals surface area contributed by atoms with Crippen molar-refractivity contribution >= 4 is 0 Å². The fraction of sp³-hybridized carbons (Fsp3) is 0. The van der Waals surface area contributed by atoms with Gasteiger partial charge in [0.05, 0.1) is 0 Å². The van der Waals surface area contributed by atoms with Crippen molar-refractivity contribution in [2.45, 2.75) is 0 Å². The van der Waals surface area contributed by atoms with Gasteiger partial charge < -0.3 is 26.0 Å². The number of hydrogen-bond donors (Lipinski definition) is 0. The Morgan fingerprint density at radius 3 is 1.33 bits per heavy atom. The van der Waals surface area contributed by atoms with E-state index in [9.17, 15) is 0 Å². The Hall–Kier alpha value is 1.12. The van der Waals surface area contributed by atoms with Crippen molar-refractivity contribution in [2.75, 3.05) is 0 Å². The fourth-order valence-electron chi connectivity index (χ4n) is 0. The molecule has 0 rings (SSSR count). The summed E-state index contributed by atoms with van der Waals surface area (Å²) in [6.45, 7) is 10.0. The number of hydrogen-bond acceptors (Lipinski definition) is 0. The Kier molecular flexibility index (Phi) is 24.7. The van der Waals surface area contributed by atoms with Crippen molar-refractivity contribution in [1.29, 1.82) is 0 Å². The minimum Gasteiger partial charge on any atom is -0.372 e. The second-order valence-corrected chi connectivity index (χ2v) is 0.750. The Labute approximate surface area is 75.0 Å². The van der Waals surface area contributed by atoms with E-state index < -0.39 is 0 Å². The topological polar surface area (TPSA) is 0 Å². The van der Waals surface area contributed by atoms with E-state index in [4.69, 9.17) is 0 Å². The van der Waals surface area contributed by atoms with Gasteiger partial charge in [0, 0.05) is 49.7 Å². The first-order chi connectivity index (χ1) is 1.73. The third kappa shape index (κ3) is 69.6. The van der Waals surface area contributed by atoms with Crippen LogP contribution >= 0.6 is 0 Å². The summed E-state index contributed by atoms with van der Waals surface area (Å²) in [5.41, 5.74) is 0.667. The van der Waals surface area contributed by atoms with Crippen LogP contribution in [0.4, 0.5) is 0 Å². The van der Waals surface area contributed by atoms with E-state index in [0.29, 0.717) is 5.57 Å². The summed E-state index contributed by atoms with van der Waals surface area (Å²) >= 11 is 0. The summed E-state index contributed by atoms with van der Waals surface area (Å²) in [5.74, 6) is 0. The molecule has 0 nitrogen and oxygen atoms in total. The van der Waals surface area contributed by atoms with E-state index in [2.05, 4.69) is 20.4 Å². The zero-order valence-corrected chi connectivity index (χ0v) is 9.13. The molecule has 0 unspecified atom stereocenters. The van der Waals surface area contributed by atoms with E-state index >= 15 is 0 Å². The van der Waals surface area contributed by atoms with Crippen LogP contribution in [0.2, 0.25) is 0 Å². The Balaban J connectivity index is -0.0000000450. The average Bonchev–Trinajstić information content (AvgIpc) is 0.811. The van der Waals surface area contributed by atoms with E-state index in [1.165, 1.54) is 0 Å². The van der Waals surface area contributed by atoms with Gasteiger partial charge in [0.15, 0.2) is 0 Å². The second-order valence-electron chi connectivity index (χ2n) is 0.750. The molecule has 0 aromatic rings. The molecule has 0 aliphatic heterocycles. The molecule has 0 atom stereocenters. The maximum Gasteiger partial charge on any atom is 0 e. The summed E-state index contributed by atoms with van der Waals surface area (Å²) in [5, 5.41) is 0. The molecule has 33 valence electrons. The van der Waals surface area contributed by atoms with Crippen LogP contribution in [0.25, 0.3) is 0 Å². The van der Waals surface area contributed by atoms with Crippen LogP contribution < -0.4 is 0 Å². The summed E-state index contributed by atoms with van der Waals surface area (Å²) in [4.78, 5) is 0. The van der Waals surface area contributed by atoms with Crippen molar-refractivity contribution in [3.8, 4) is 0 Å². The first-order valence-electron chi connectivity index (χ1n) is 1.06. The molecule has 0 aromatic heterocycles. The Morgan fingerprint density at radius 2 is 1.33 bits per heavy atom. The van der Waals surface area contributed by atoms with Gasteiger partial charge in [0.2, 0.25) is 0 Å². The SMILES string of the molecule is C=C([CH2-])[CH2-].[U].[V]. The van der Waals surface area contributed by atoms with Gasteiger partial charge >= 0.3 is 0 Å². The smallest absolute Gasteiger partial charge is 0 e. The monoisotopic (exact) mass is 343 g/mol. The molecule has 0 fully saturated rings. The van der Waals surface area contributed by atoms with Gasteiger partial charge in [0.1, 0.15) is 0 Å². The third-order valence-corrected chi connectivity index (χ3v) is 0. The molecule has 0 saturated heterocycles. The van der Waals surface area contributed by atoms with Gasteiger partial charge in [-0.1, -0.05) is 0 Å². The minimum absolute atomic E-state index is 0. The van der Waals surface area contributed by atoms with Crippen LogP contribution in [0.1, 0.15) is 0 Å². The number of allylic oxidation sites excluding steroid dienone is 1. The molecule has 0 aliphatic carbocycles. The first kappa shape index (κ1) is 15.7. The van der Waals surface area contributed by atoms with Gasteiger partial charge in [-0.25, -0.2) is 0 Å². The maximum absolute atomic E-state index is 3.33. The third-order valence-electron chi connectivity index (χ3n) is 0. The van der Waals surface area contributed by atoms with Crippen molar-refractivity contribution in [2.24, 2.45) is 0 Å². The van der Waals surface area contributed by atoms with E-state index in [1.807, 2.05) is 0 Å². The molecule has 0 spiro atoms. The molecular weight excluding hydrogens is 337 g/mol. The average molecular weight is 343 g/mol. The summed E-state index contributed by atoms with van der Waals surface area (Å²) in [6.07, 6.45) is 0. The minimum atomic E-state index is 0. The quantitative estimate of drug-likeness (QED) is 0.580. The zero-order valence-electron chi connectivity index (χ0n) is 3.57. The molecule has 0 aromatic carbocycles. The van der Waals surface area contributed by atoms with E-state index in [-0.39, 0.29) is 49.7 Å². The predicted octanol–water partition coefficient (Wildman–Crippen LogP) is 1.21. The molecule has 6 heavy (non-hydrogen) atoms. The summed E-state index contributed by atoms with van der Waals surface area (Å²) in [7, 11) is 0. The molecular formula is C4H6UV-2. The number of rotatable bonds is 0. The van der Waals surface area contributed by atoms with Crippen molar-refractivity contribution in [3.63, 3.8) is 0 Å². The Bertz CT molecular complexity index is 30.5. The van der Waals surface area contributed by atoms with Gasteiger partial charge in [-0.15, -0.1) is 0 Å². The van der Waals surface area contributed by atoms with Crippen LogP contribution in [-0.2, 0) is 18.6 Å². The molecule has 2 heteroatoms. The molecule has 1 radical (unpaired) electrons. The Morgan fingerprint density at radius 1 is 1.33 bits per heavy atom. The fourth-order valence-corrected chi connectivity index (χ4v) is 0. The van der Waals surface area contributed by atoms with Crippen LogP contribution in [0.5, 0.6) is 0 Å². The standard InChI is InChI=1S/C4H6.U.V/c1-4(2)3;;/h1-3H2;;/q-2;;. The van der Waals surface area contributed by atoms with E-state index in [0.717, 1.165) is 0 Å². The van der Waals surface area contributed by atoms with Crippen molar-refractivity contribution in [1.82, 2.24) is 0 Å². The van der Waals surface area contributed by atoms with Crippen LogP contribution in [0.3, 0.4) is 0 Å². The molecule has 0 bridgehead atoms. The summed E-state index contributed by atoms with van der Waals surface area (Å²) < 4.78 is 0. The largest absolute Gasteiger partial charge is 0.372 e. The molecule has 0 saturated carbocycles. The molecule has 0 N–H and O–H groups in total. The zero-order chi connectivity index (χ0) is 3.58. The van der Waals surface area contributed by atoms with Gasteiger partial charge in [-0.2, -0.15) is 0 Å². The van der Waals surface area contributed by atoms with Gasteiger partial charge in [-0.3, -0.25) is 0 Å². The molecule has 0 aliphatic rings. The summed E-state index contributed by atoms with van der Waals surface area (Å²) in [6, 6.07) is 0. The van der Waals surface area contributed by atoms with Crippen LogP contribution in [0, 0.1) is 45.0 Å². The van der Waals surface area contributed by atoms with Crippen molar-refractivity contribution < 1.29 is 49.7 Å². The van der Waals surface area contributed by atoms with Gasteiger partial charge in [0.25, 0.3) is 0 Å². The molecule has 0 amide bonds. The van der Waals surface area contributed by atoms with Crippen molar-refractivity contribution in [3.05, 3.63) is 26.0 Å². The van der Waals surface area contributed by atoms with Crippen LogP contribution in [0.15, 0.2) is 12.2 Å². The normalized spacial score (nSPS) is 4.00. The first-order valence-corrected chi connectivity index (χ1v) is 1.06. The van der Waals surface area contributed by atoms with Crippen LogP contribution in [-0.4, -0.2) is 0 Å². The predicted molar refractivity (Wildman–Crippen MR) is 19.9 cm³/mol. The second kappa shape index (κ2) is 9.45.